The third-order valence-corrected chi connectivity index (χ3v) is 4.64. The van der Waals surface area contributed by atoms with Gasteiger partial charge in [-0.25, -0.2) is 5.43 Å². The van der Waals surface area contributed by atoms with Crippen molar-refractivity contribution in [1.82, 2.24) is 5.43 Å². The normalized spacial score (nSPS) is 11.2. The zero-order valence-corrected chi connectivity index (χ0v) is 15.4. The van der Waals surface area contributed by atoms with Crippen molar-refractivity contribution >= 4 is 35.5 Å². The Kier molecular flexibility index (Phi) is 7.35. The topological polar surface area (TPSA) is 41.5 Å². The summed E-state index contributed by atoms with van der Waals surface area (Å²) in [5.41, 5.74) is 5.91. The Morgan fingerprint density at radius 3 is 2.67 bits per heavy atom. The Hall–Kier alpha value is -1.78. The molecule has 0 aliphatic rings. The van der Waals surface area contributed by atoms with Gasteiger partial charge in [0.1, 0.15) is 0 Å². The molecule has 0 aromatic heterocycles. The van der Waals surface area contributed by atoms with E-state index < -0.39 is 0 Å². The number of nitrogens with zero attached hydrogens (tertiary/aromatic N) is 1. The van der Waals surface area contributed by atoms with Gasteiger partial charge in [-0.15, -0.1) is 11.8 Å². The molecule has 0 saturated carbocycles. The number of benzene rings is 2. The predicted molar refractivity (Wildman–Crippen MR) is 104 cm³/mol. The molecular weight excluding hydrogens is 340 g/mol. The summed E-state index contributed by atoms with van der Waals surface area (Å²) in [6.07, 6.45) is 1.66. The van der Waals surface area contributed by atoms with Crippen LogP contribution in [0.1, 0.15) is 36.5 Å². The highest BCUT2D eigenvalue weighted by atomic mass is 35.5. The number of hydrogen-bond donors (Lipinski definition) is 1. The van der Waals surface area contributed by atoms with Crippen molar-refractivity contribution in [3.8, 4) is 0 Å². The fraction of sp³-hybridized carbons (Fsp3) is 0.263. The van der Waals surface area contributed by atoms with Crippen LogP contribution >= 0.6 is 23.4 Å². The van der Waals surface area contributed by atoms with Crippen LogP contribution in [0.15, 0.2) is 53.6 Å². The average Bonchev–Trinajstić information content (AvgIpc) is 2.55. The van der Waals surface area contributed by atoms with Gasteiger partial charge < -0.3 is 0 Å². The van der Waals surface area contributed by atoms with Crippen molar-refractivity contribution in [2.45, 2.75) is 25.5 Å². The van der Waals surface area contributed by atoms with Gasteiger partial charge in [-0.1, -0.05) is 61.8 Å². The van der Waals surface area contributed by atoms with E-state index in [1.807, 2.05) is 36.4 Å². The monoisotopic (exact) mass is 360 g/mol. The first kappa shape index (κ1) is 18.6. The lowest BCUT2D eigenvalue weighted by Gasteiger charge is -2.04. The molecule has 0 radical (unpaired) electrons. The molecule has 0 saturated heterocycles. The minimum absolute atomic E-state index is 0.114. The van der Waals surface area contributed by atoms with Crippen LogP contribution in [0.25, 0.3) is 0 Å². The number of amides is 1. The molecule has 0 aliphatic carbocycles. The number of hydrazone groups is 1. The number of nitrogens with one attached hydrogen (secondary N) is 1. The summed E-state index contributed by atoms with van der Waals surface area (Å²) in [6, 6.07) is 15.8. The molecule has 5 heteroatoms. The lowest BCUT2D eigenvalue weighted by atomic mass is 10.0. The number of rotatable bonds is 7. The van der Waals surface area contributed by atoms with Gasteiger partial charge in [0.15, 0.2) is 0 Å². The highest BCUT2D eigenvalue weighted by molar-refractivity contribution is 7.99. The second kappa shape index (κ2) is 9.50. The molecule has 0 heterocycles. The molecule has 2 rings (SSSR count). The smallest absolute Gasteiger partial charge is 0.250 e. The van der Waals surface area contributed by atoms with Gasteiger partial charge in [-0.2, -0.15) is 5.10 Å². The second-order valence-corrected chi connectivity index (χ2v) is 7.16. The van der Waals surface area contributed by atoms with E-state index in [1.165, 1.54) is 17.3 Å². The van der Waals surface area contributed by atoms with Crippen LogP contribution in [0.3, 0.4) is 0 Å². The van der Waals surface area contributed by atoms with E-state index in [2.05, 4.69) is 36.5 Å². The quantitative estimate of drug-likeness (QED) is 0.566. The minimum atomic E-state index is -0.114. The summed E-state index contributed by atoms with van der Waals surface area (Å²) >= 11 is 7.46. The minimum Gasteiger partial charge on any atom is -0.272 e. The molecular formula is C19H21ClN2OS. The van der Waals surface area contributed by atoms with E-state index in [9.17, 15) is 4.79 Å². The first-order chi connectivity index (χ1) is 11.5. The maximum atomic E-state index is 11.8. The lowest BCUT2D eigenvalue weighted by molar-refractivity contribution is -0.118. The SMILES string of the molecule is CC(C)c1ccc(/C=N\NC(=O)CSCc2cccc(Cl)c2)cc1. The van der Waals surface area contributed by atoms with Gasteiger partial charge in [0.05, 0.1) is 12.0 Å². The standard InChI is InChI=1S/C19H21ClN2OS/c1-14(2)17-8-6-15(7-9-17)11-21-22-19(23)13-24-12-16-4-3-5-18(20)10-16/h3-11,14H,12-13H2,1-2H3,(H,22,23)/b21-11-. The fourth-order valence-corrected chi connectivity index (χ4v) is 3.05. The Labute approximate surface area is 152 Å². The van der Waals surface area contributed by atoms with Gasteiger partial charge in [0, 0.05) is 10.8 Å². The largest absolute Gasteiger partial charge is 0.272 e. The third kappa shape index (κ3) is 6.38. The molecule has 1 amide bonds. The van der Waals surface area contributed by atoms with Crippen molar-refractivity contribution in [3.05, 3.63) is 70.2 Å². The molecule has 24 heavy (non-hydrogen) atoms. The van der Waals surface area contributed by atoms with E-state index in [1.54, 1.807) is 6.21 Å². The van der Waals surface area contributed by atoms with E-state index in [-0.39, 0.29) is 5.91 Å². The van der Waals surface area contributed by atoms with Crippen LogP contribution < -0.4 is 5.43 Å². The Balaban J connectivity index is 1.72. The molecule has 126 valence electrons. The maximum absolute atomic E-state index is 11.8. The summed E-state index contributed by atoms with van der Waals surface area (Å²) in [7, 11) is 0. The Morgan fingerprint density at radius 2 is 2.00 bits per heavy atom. The van der Waals surface area contributed by atoms with Gasteiger partial charge in [-0.05, 0) is 34.7 Å². The van der Waals surface area contributed by atoms with Crippen LogP contribution in [0.2, 0.25) is 5.02 Å². The lowest BCUT2D eigenvalue weighted by Crippen LogP contribution is -2.19. The summed E-state index contributed by atoms with van der Waals surface area (Å²) < 4.78 is 0. The molecule has 2 aromatic rings. The summed E-state index contributed by atoms with van der Waals surface area (Å²) in [4.78, 5) is 11.8. The molecule has 0 unspecified atom stereocenters. The molecule has 0 bridgehead atoms. The van der Waals surface area contributed by atoms with Crippen molar-refractivity contribution < 1.29 is 4.79 Å². The average molecular weight is 361 g/mol. The van der Waals surface area contributed by atoms with E-state index in [0.29, 0.717) is 16.7 Å². The Morgan fingerprint density at radius 1 is 1.25 bits per heavy atom. The number of carbonyl (C=O) groups is 1. The molecule has 3 nitrogen and oxygen atoms in total. The summed E-state index contributed by atoms with van der Waals surface area (Å²) in [6.45, 7) is 4.31. The third-order valence-electron chi connectivity index (χ3n) is 3.40. The number of hydrogen-bond acceptors (Lipinski definition) is 3. The number of carbonyl (C=O) groups excluding carboxylic acids is 1. The van der Waals surface area contributed by atoms with Crippen LogP contribution in [0.4, 0.5) is 0 Å². The zero-order valence-electron chi connectivity index (χ0n) is 13.8. The molecule has 2 aromatic carbocycles. The van der Waals surface area contributed by atoms with Crippen molar-refractivity contribution in [1.29, 1.82) is 0 Å². The van der Waals surface area contributed by atoms with Crippen molar-refractivity contribution in [2.75, 3.05) is 5.75 Å². The highest BCUT2D eigenvalue weighted by Gasteiger charge is 2.01. The second-order valence-electron chi connectivity index (χ2n) is 5.74. The summed E-state index contributed by atoms with van der Waals surface area (Å²) in [5.74, 6) is 1.49. The Bertz CT molecular complexity index is 699. The van der Waals surface area contributed by atoms with Crippen LogP contribution in [0, 0.1) is 0 Å². The fourth-order valence-electron chi connectivity index (χ4n) is 2.07. The maximum Gasteiger partial charge on any atom is 0.250 e. The number of halogens is 1. The summed E-state index contributed by atoms with van der Waals surface area (Å²) in [5, 5.41) is 4.71. The highest BCUT2D eigenvalue weighted by Crippen LogP contribution is 2.16. The van der Waals surface area contributed by atoms with Gasteiger partial charge in [-0.3, -0.25) is 4.79 Å². The van der Waals surface area contributed by atoms with Crippen LogP contribution in [0.5, 0.6) is 0 Å². The van der Waals surface area contributed by atoms with E-state index in [0.717, 1.165) is 16.9 Å². The number of thioether (sulfide) groups is 1. The van der Waals surface area contributed by atoms with E-state index >= 15 is 0 Å². The van der Waals surface area contributed by atoms with Gasteiger partial charge in [0.25, 0.3) is 0 Å². The molecule has 1 N–H and O–H groups in total. The first-order valence-electron chi connectivity index (χ1n) is 7.78. The van der Waals surface area contributed by atoms with Gasteiger partial charge >= 0.3 is 0 Å². The van der Waals surface area contributed by atoms with Crippen LogP contribution in [-0.2, 0) is 10.5 Å². The first-order valence-corrected chi connectivity index (χ1v) is 9.32. The zero-order chi connectivity index (χ0) is 17.4. The van der Waals surface area contributed by atoms with E-state index in [4.69, 9.17) is 11.6 Å². The molecule has 0 aliphatic heterocycles. The van der Waals surface area contributed by atoms with Crippen molar-refractivity contribution in [3.63, 3.8) is 0 Å². The molecule has 0 spiro atoms. The van der Waals surface area contributed by atoms with Crippen molar-refractivity contribution in [2.24, 2.45) is 5.10 Å². The van der Waals surface area contributed by atoms with Gasteiger partial charge in [0.2, 0.25) is 5.91 Å². The molecule has 0 fully saturated rings. The predicted octanol–water partition coefficient (Wildman–Crippen LogP) is 4.85. The molecule has 0 atom stereocenters. The van der Waals surface area contributed by atoms with Crippen LogP contribution in [-0.4, -0.2) is 17.9 Å².